The lowest BCUT2D eigenvalue weighted by Crippen LogP contribution is -2.09. The molecule has 0 atom stereocenters. The molecule has 3 aromatic rings. The Kier molecular flexibility index (Phi) is 5.43. The number of nitrogens with zero attached hydrogens (tertiary/aromatic N) is 2. The number of esters is 1. The van der Waals surface area contributed by atoms with Gasteiger partial charge in [-0.3, -0.25) is 4.68 Å². The Bertz CT molecular complexity index is 798. The molecule has 0 aliphatic rings. The van der Waals surface area contributed by atoms with Crippen molar-refractivity contribution in [2.45, 2.75) is 13.0 Å². The minimum atomic E-state index is -0.286. The largest absolute Gasteiger partial charge is 0.462 e. The summed E-state index contributed by atoms with van der Waals surface area (Å²) in [7, 11) is 0. The second-order valence-electron chi connectivity index (χ2n) is 5.33. The summed E-state index contributed by atoms with van der Waals surface area (Å²) in [6, 6.07) is 19.1. The monoisotopic (exact) mass is 384 g/mol. The molecule has 0 radical (unpaired) electrons. The molecule has 0 aliphatic carbocycles. The van der Waals surface area contributed by atoms with Crippen LogP contribution >= 0.6 is 15.9 Å². The van der Waals surface area contributed by atoms with Crippen molar-refractivity contribution in [3.8, 4) is 11.3 Å². The SMILES string of the molecule is O=C(OCCCn1ccc(-c2ccc(Br)cc2)n1)c1ccccc1. The van der Waals surface area contributed by atoms with Crippen LogP contribution in [0.15, 0.2) is 71.3 Å². The van der Waals surface area contributed by atoms with Crippen LogP contribution in [0.5, 0.6) is 0 Å². The molecule has 24 heavy (non-hydrogen) atoms. The molecule has 0 saturated heterocycles. The number of benzene rings is 2. The molecular weight excluding hydrogens is 368 g/mol. The van der Waals surface area contributed by atoms with Gasteiger partial charge in [0, 0.05) is 29.2 Å². The van der Waals surface area contributed by atoms with Crippen LogP contribution < -0.4 is 0 Å². The molecule has 0 amide bonds. The Morgan fingerprint density at radius 1 is 1.04 bits per heavy atom. The lowest BCUT2D eigenvalue weighted by Gasteiger charge is -2.05. The normalized spacial score (nSPS) is 10.5. The lowest BCUT2D eigenvalue weighted by atomic mass is 10.2. The molecule has 4 nitrogen and oxygen atoms in total. The molecule has 0 N–H and O–H groups in total. The quantitative estimate of drug-likeness (QED) is 0.462. The Morgan fingerprint density at radius 3 is 2.54 bits per heavy atom. The molecule has 0 bridgehead atoms. The van der Waals surface area contributed by atoms with Crippen LogP contribution in [0, 0.1) is 0 Å². The van der Waals surface area contributed by atoms with Gasteiger partial charge in [0.25, 0.3) is 0 Å². The summed E-state index contributed by atoms with van der Waals surface area (Å²) in [4.78, 5) is 11.8. The molecule has 0 aliphatic heterocycles. The van der Waals surface area contributed by atoms with Gasteiger partial charge in [-0.05, 0) is 30.3 Å². The molecule has 2 aromatic carbocycles. The van der Waals surface area contributed by atoms with Gasteiger partial charge < -0.3 is 4.74 Å². The van der Waals surface area contributed by atoms with Gasteiger partial charge in [-0.25, -0.2) is 4.79 Å². The Balaban J connectivity index is 1.47. The molecular formula is C19H17BrN2O2. The van der Waals surface area contributed by atoms with Crippen molar-refractivity contribution >= 4 is 21.9 Å². The number of hydrogen-bond acceptors (Lipinski definition) is 3. The van der Waals surface area contributed by atoms with Crippen LogP contribution in [0.2, 0.25) is 0 Å². The van der Waals surface area contributed by atoms with Gasteiger partial charge in [-0.1, -0.05) is 46.3 Å². The first-order valence-electron chi connectivity index (χ1n) is 7.74. The summed E-state index contributed by atoms with van der Waals surface area (Å²) in [5, 5.41) is 4.55. The summed E-state index contributed by atoms with van der Waals surface area (Å²) in [5.41, 5.74) is 2.59. The third-order valence-electron chi connectivity index (χ3n) is 3.55. The molecule has 1 heterocycles. The lowest BCUT2D eigenvalue weighted by molar-refractivity contribution is 0.0495. The summed E-state index contributed by atoms with van der Waals surface area (Å²) in [6.07, 6.45) is 2.66. The number of carbonyl (C=O) groups excluding carboxylic acids is 1. The molecule has 122 valence electrons. The average Bonchev–Trinajstić information content (AvgIpc) is 3.09. The van der Waals surface area contributed by atoms with Crippen molar-refractivity contribution in [1.82, 2.24) is 9.78 Å². The minimum Gasteiger partial charge on any atom is -0.462 e. The van der Waals surface area contributed by atoms with Crippen LogP contribution in [-0.4, -0.2) is 22.4 Å². The highest BCUT2D eigenvalue weighted by Crippen LogP contribution is 2.19. The Hall–Kier alpha value is -2.40. The molecule has 0 saturated carbocycles. The van der Waals surface area contributed by atoms with E-state index in [1.54, 1.807) is 12.1 Å². The van der Waals surface area contributed by atoms with E-state index in [0.717, 1.165) is 22.2 Å². The molecule has 1 aromatic heterocycles. The van der Waals surface area contributed by atoms with E-state index in [9.17, 15) is 4.79 Å². The predicted octanol–water partition coefficient (Wildman–Crippen LogP) is 4.56. The summed E-state index contributed by atoms with van der Waals surface area (Å²) >= 11 is 3.43. The third-order valence-corrected chi connectivity index (χ3v) is 4.08. The topological polar surface area (TPSA) is 44.1 Å². The van der Waals surface area contributed by atoms with Crippen molar-refractivity contribution in [3.05, 3.63) is 76.9 Å². The fraction of sp³-hybridized carbons (Fsp3) is 0.158. The number of hydrogen-bond donors (Lipinski definition) is 0. The highest BCUT2D eigenvalue weighted by molar-refractivity contribution is 9.10. The first kappa shape index (κ1) is 16.5. The minimum absolute atomic E-state index is 0.286. The summed E-state index contributed by atoms with van der Waals surface area (Å²) in [5.74, 6) is -0.286. The highest BCUT2D eigenvalue weighted by Gasteiger charge is 2.06. The number of aromatic nitrogens is 2. The molecule has 0 unspecified atom stereocenters. The fourth-order valence-electron chi connectivity index (χ4n) is 2.31. The Morgan fingerprint density at radius 2 is 1.79 bits per heavy atom. The van der Waals surface area contributed by atoms with Gasteiger partial charge >= 0.3 is 5.97 Å². The molecule has 0 fully saturated rings. The first-order valence-corrected chi connectivity index (χ1v) is 8.53. The van der Waals surface area contributed by atoms with Gasteiger partial charge in [0.05, 0.1) is 17.9 Å². The maximum Gasteiger partial charge on any atom is 0.338 e. The van der Waals surface area contributed by atoms with Crippen LogP contribution in [0.1, 0.15) is 16.8 Å². The fourth-order valence-corrected chi connectivity index (χ4v) is 2.57. The van der Waals surface area contributed by atoms with E-state index < -0.39 is 0 Å². The molecule has 5 heteroatoms. The average molecular weight is 385 g/mol. The van der Waals surface area contributed by atoms with Gasteiger partial charge in [-0.2, -0.15) is 5.10 Å². The zero-order chi connectivity index (χ0) is 16.8. The number of aryl methyl sites for hydroxylation is 1. The van der Waals surface area contributed by atoms with Crippen LogP contribution in [0.4, 0.5) is 0 Å². The van der Waals surface area contributed by atoms with Crippen LogP contribution in [-0.2, 0) is 11.3 Å². The maximum absolute atomic E-state index is 11.8. The van der Waals surface area contributed by atoms with Crippen molar-refractivity contribution < 1.29 is 9.53 Å². The van der Waals surface area contributed by atoms with Crippen molar-refractivity contribution in [1.29, 1.82) is 0 Å². The Labute approximate surface area is 149 Å². The molecule has 3 rings (SSSR count). The van der Waals surface area contributed by atoms with E-state index in [-0.39, 0.29) is 5.97 Å². The highest BCUT2D eigenvalue weighted by atomic mass is 79.9. The maximum atomic E-state index is 11.8. The summed E-state index contributed by atoms with van der Waals surface area (Å²) in [6.45, 7) is 1.08. The first-order chi connectivity index (χ1) is 11.7. The summed E-state index contributed by atoms with van der Waals surface area (Å²) < 4.78 is 8.19. The van der Waals surface area contributed by atoms with Gasteiger partial charge in [-0.15, -0.1) is 0 Å². The number of ether oxygens (including phenoxy) is 1. The number of rotatable bonds is 6. The standard InChI is InChI=1S/C19H17BrN2O2/c20-17-9-7-15(8-10-17)18-11-13-22(21-18)12-4-14-24-19(23)16-5-2-1-3-6-16/h1-3,5-11,13H,4,12,14H2. The van der Waals surface area contributed by atoms with E-state index in [1.807, 2.05) is 59.4 Å². The van der Waals surface area contributed by atoms with E-state index >= 15 is 0 Å². The van der Waals surface area contributed by atoms with E-state index in [2.05, 4.69) is 21.0 Å². The van der Waals surface area contributed by atoms with Crippen molar-refractivity contribution in [3.63, 3.8) is 0 Å². The van der Waals surface area contributed by atoms with Gasteiger partial charge in [0.15, 0.2) is 0 Å². The number of halogens is 1. The van der Waals surface area contributed by atoms with Crippen LogP contribution in [0.3, 0.4) is 0 Å². The smallest absolute Gasteiger partial charge is 0.338 e. The second-order valence-corrected chi connectivity index (χ2v) is 6.24. The van der Waals surface area contributed by atoms with Gasteiger partial charge in [0.1, 0.15) is 0 Å². The van der Waals surface area contributed by atoms with E-state index in [0.29, 0.717) is 18.7 Å². The van der Waals surface area contributed by atoms with E-state index in [1.165, 1.54) is 0 Å². The van der Waals surface area contributed by atoms with Crippen molar-refractivity contribution in [2.75, 3.05) is 6.61 Å². The van der Waals surface area contributed by atoms with Crippen molar-refractivity contribution in [2.24, 2.45) is 0 Å². The van der Waals surface area contributed by atoms with Gasteiger partial charge in [0.2, 0.25) is 0 Å². The predicted molar refractivity (Wildman–Crippen MR) is 96.7 cm³/mol. The van der Waals surface area contributed by atoms with Crippen LogP contribution in [0.25, 0.3) is 11.3 Å². The second kappa shape index (κ2) is 7.93. The third kappa shape index (κ3) is 4.32. The zero-order valence-corrected chi connectivity index (χ0v) is 14.6. The molecule has 0 spiro atoms. The zero-order valence-electron chi connectivity index (χ0n) is 13.1. The van der Waals surface area contributed by atoms with E-state index in [4.69, 9.17) is 4.74 Å². The number of carbonyl (C=O) groups is 1.